The highest BCUT2D eigenvalue weighted by Crippen LogP contribution is 2.26. The van der Waals surface area contributed by atoms with Crippen molar-refractivity contribution in [2.24, 2.45) is 0 Å². The number of nitrogens with zero attached hydrogens (tertiary/aromatic N) is 2. The molecule has 0 bridgehead atoms. The molecule has 5 nitrogen and oxygen atoms in total. The minimum atomic E-state index is -0.0466. The lowest BCUT2D eigenvalue weighted by Crippen LogP contribution is -2.15. The van der Waals surface area contributed by atoms with Crippen LogP contribution in [0.3, 0.4) is 0 Å². The normalized spacial score (nSPS) is 11.3. The largest absolute Gasteiger partial charge is 0.363 e. The lowest BCUT2D eigenvalue weighted by molar-refractivity contribution is -0.113. The lowest BCUT2D eigenvalue weighted by atomic mass is 9.87. The van der Waals surface area contributed by atoms with Gasteiger partial charge in [0, 0.05) is 12.7 Å². The van der Waals surface area contributed by atoms with E-state index >= 15 is 0 Å². The number of anilines is 2. The molecule has 0 fully saturated rings. The van der Waals surface area contributed by atoms with Crippen LogP contribution in [-0.4, -0.2) is 28.9 Å². The molecule has 1 aromatic carbocycles. The third-order valence-electron chi connectivity index (χ3n) is 2.98. The minimum absolute atomic E-state index is 0.0466. The molecule has 1 amide bonds. The first-order chi connectivity index (χ1) is 10.4. The van der Waals surface area contributed by atoms with Crippen molar-refractivity contribution in [3.05, 3.63) is 29.8 Å². The van der Waals surface area contributed by atoms with Crippen LogP contribution in [0.15, 0.2) is 28.6 Å². The Morgan fingerprint density at radius 1 is 1.23 bits per heavy atom. The number of benzene rings is 1. The first-order valence-corrected chi connectivity index (χ1v) is 8.73. The molecule has 2 aromatic rings. The van der Waals surface area contributed by atoms with Gasteiger partial charge in [-0.15, -0.1) is 10.2 Å². The zero-order valence-electron chi connectivity index (χ0n) is 13.1. The Balaban J connectivity index is 1.86. The second-order valence-electron chi connectivity index (χ2n) is 5.79. The van der Waals surface area contributed by atoms with E-state index < -0.39 is 0 Å². The fourth-order valence-electron chi connectivity index (χ4n) is 1.75. The number of carbonyl (C=O) groups excluding carboxylic acids is 1. The van der Waals surface area contributed by atoms with Gasteiger partial charge >= 0.3 is 0 Å². The van der Waals surface area contributed by atoms with Crippen molar-refractivity contribution < 1.29 is 4.79 Å². The summed E-state index contributed by atoms with van der Waals surface area (Å²) in [7, 11) is 1.79. The zero-order chi connectivity index (χ0) is 16.2. The zero-order valence-corrected chi connectivity index (χ0v) is 14.8. The number of aromatic nitrogens is 2. The number of amides is 1. The van der Waals surface area contributed by atoms with Gasteiger partial charge in [-0.3, -0.25) is 4.79 Å². The molecule has 0 saturated heterocycles. The van der Waals surface area contributed by atoms with E-state index in [9.17, 15) is 4.79 Å². The Morgan fingerprint density at radius 2 is 1.91 bits per heavy atom. The predicted molar refractivity (Wildman–Crippen MR) is 94.0 cm³/mol. The molecule has 0 aliphatic heterocycles. The SMILES string of the molecule is CNc1nnc(SCC(=O)Nc2ccc(C(C)(C)C)cc2)s1. The van der Waals surface area contributed by atoms with Crippen molar-refractivity contribution in [2.75, 3.05) is 23.4 Å². The molecule has 1 aromatic heterocycles. The topological polar surface area (TPSA) is 66.9 Å². The third kappa shape index (κ3) is 4.71. The molecule has 0 aliphatic rings. The van der Waals surface area contributed by atoms with Crippen molar-refractivity contribution in [3.63, 3.8) is 0 Å². The average molecular weight is 336 g/mol. The quantitative estimate of drug-likeness (QED) is 0.817. The second-order valence-corrected chi connectivity index (χ2v) is 7.99. The van der Waals surface area contributed by atoms with E-state index in [1.807, 2.05) is 24.3 Å². The Bertz CT molecular complexity index is 632. The first-order valence-electron chi connectivity index (χ1n) is 6.93. The Labute approximate surface area is 138 Å². The molecule has 118 valence electrons. The highest BCUT2D eigenvalue weighted by Gasteiger charge is 2.13. The van der Waals surface area contributed by atoms with Gasteiger partial charge in [-0.25, -0.2) is 0 Å². The summed E-state index contributed by atoms with van der Waals surface area (Å²) in [6.07, 6.45) is 0. The Kier molecular flexibility index (Phi) is 5.42. The number of thioether (sulfide) groups is 1. The van der Waals surface area contributed by atoms with Crippen LogP contribution in [0.4, 0.5) is 10.8 Å². The summed E-state index contributed by atoms with van der Waals surface area (Å²) in [6.45, 7) is 6.50. The van der Waals surface area contributed by atoms with Gasteiger partial charge in [-0.2, -0.15) is 0 Å². The molecule has 0 unspecified atom stereocenters. The second kappa shape index (κ2) is 7.11. The van der Waals surface area contributed by atoms with Gasteiger partial charge in [0.05, 0.1) is 5.75 Å². The highest BCUT2D eigenvalue weighted by atomic mass is 32.2. The molecular weight excluding hydrogens is 316 g/mol. The summed E-state index contributed by atoms with van der Waals surface area (Å²) in [4.78, 5) is 12.0. The Morgan fingerprint density at radius 3 is 2.45 bits per heavy atom. The maximum Gasteiger partial charge on any atom is 0.234 e. The number of hydrogen-bond acceptors (Lipinski definition) is 6. The van der Waals surface area contributed by atoms with E-state index in [2.05, 4.69) is 41.6 Å². The maximum atomic E-state index is 12.0. The monoisotopic (exact) mass is 336 g/mol. The molecule has 1 heterocycles. The summed E-state index contributed by atoms with van der Waals surface area (Å²) < 4.78 is 0.780. The van der Waals surface area contributed by atoms with Crippen molar-refractivity contribution in [2.45, 2.75) is 30.5 Å². The molecule has 0 saturated carbocycles. The minimum Gasteiger partial charge on any atom is -0.363 e. The number of carbonyl (C=O) groups is 1. The highest BCUT2D eigenvalue weighted by molar-refractivity contribution is 8.01. The van der Waals surface area contributed by atoms with Gasteiger partial charge in [0.25, 0.3) is 0 Å². The summed E-state index contributed by atoms with van der Waals surface area (Å²) in [5, 5.41) is 14.5. The van der Waals surface area contributed by atoms with Crippen molar-refractivity contribution in [1.82, 2.24) is 10.2 Å². The van der Waals surface area contributed by atoms with Crippen LogP contribution in [0, 0.1) is 0 Å². The Hall–Kier alpha value is -1.60. The summed E-state index contributed by atoms with van der Waals surface area (Å²) >= 11 is 2.82. The van der Waals surface area contributed by atoms with Crippen LogP contribution in [-0.2, 0) is 10.2 Å². The molecule has 22 heavy (non-hydrogen) atoms. The predicted octanol–water partition coefficient (Wildman–Crippen LogP) is 3.61. The van der Waals surface area contributed by atoms with E-state index in [1.54, 1.807) is 7.05 Å². The summed E-state index contributed by atoms with van der Waals surface area (Å²) in [5.41, 5.74) is 2.17. The van der Waals surface area contributed by atoms with E-state index in [4.69, 9.17) is 0 Å². The fraction of sp³-hybridized carbons (Fsp3) is 0.400. The molecule has 2 rings (SSSR count). The average Bonchev–Trinajstić information content (AvgIpc) is 2.93. The van der Waals surface area contributed by atoms with Crippen molar-refractivity contribution in [1.29, 1.82) is 0 Å². The summed E-state index contributed by atoms with van der Waals surface area (Å²) in [5.74, 6) is 0.272. The number of hydrogen-bond donors (Lipinski definition) is 2. The third-order valence-corrected chi connectivity index (χ3v) is 5.06. The van der Waals surface area contributed by atoms with Crippen molar-refractivity contribution in [3.8, 4) is 0 Å². The summed E-state index contributed by atoms with van der Waals surface area (Å²) in [6, 6.07) is 7.97. The van der Waals surface area contributed by atoms with Gasteiger partial charge in [-0.1, -0.05) is 56.0 Å². The van der Waals surface area contributed by atoms with Gasteiger partial charge in [-0.05, 0) is 23.1 Å². The molecular formula is C15H20N4OS2. The van der Waals surface area contributed by atoms with Crippen LogP contribution in [0.5, 0.6) is 0 Å². The number of nitrogens with one attached hydrogen (secondary N) is 2. The van der Waals surface area contributed by atoms with E-state index in [0.717, 1.165) is 15.2 Å². The number of rotatable bonds is 5. The molecule has 2 N–H and O–H groups in total. The van der Waals surface area contributed by atoms with Crippen molar-refractivity contribution >= 4 is 39.8 Å². The van der Waals surface area contributed by atoms with Gasteiger partial charge in [0.15, 0.2) is 4.34 Å². The van der Waals surface area contributed by atoms with Gasteiger partial charge in [0.2, 0.25) is 11.0 Å². The van der Waals surface area contributed by atoms with Crippen LogP contribution in [0.25, 0.3) is 0 Å². The van der Waals surface area contributed by atoms with E-state index in [0.29, 0.717) is 5.75 Å². The van der Waals surface area contributed by atoms with Crippen LogP contribution in [0.2, 0.25) is 0 Å². The lowest BCUT2D eigenvalue weighted by Gasteiger charge is -2.19. The molecule has 0 radical (unpaired) electrons. The molecule has 0 aliphatic carbocycles. The standard InChI is InChI=1S/C15H20N4OS2/c1-15(2,3)10-5-7-11(8-6-10)17-12(20)9-21-14-19-18-13(16-4)22-14/h5-8H,9H2,1-4H3,(H,16,18)(H,17,20). The van der Waals surface area contributed by atoms with E-state index in [-0.39, 0.29) is 11.3 Å². The molecule has 0 atom stereocenters. The van der Waals surface area contributed by atoms with E-state index in [1.165, 1.54) is 28.7 Å². The molecule has 0 spiro atoms. The van der Waals surface area contributed by atoms with Crippen LogP contribution >= 0.6 is 23.1 Å². The van der Waals surface area contributed by atoms with Gasteiger partial charge < -0.3 is 10.6 Å². The smallest absolute Gasteiger partial charge is 0.234 e. The maximum absolute atomic E-state index is 12.0. The van der Waals surface area contributed by atoms with Crippen LogP contribution < -0.4 is 10.6 Å². The van der Waals surface area contributed by atoms with Gasteiger partial charge in [0.1, 0.15) is 0 Å². The first kappa shape index (κ1) is 16.8. The molecule has 7 heteroatoms. The van der Waals surface area contributed by atoms with Crippen LogP contribution in [0.1, 0.15) is 26.3 Å². The fourth-order valence-corrected chi connectivity index (χ4v) is 3.25.